The predicted molar refractivity (Wildman–Crippen MR) is 99.8 cm³/mol. The zero-order valence-electron chi connectivity index (χ0n) is 14.4. The maximum atomic E-state index is 13.4. The SMILES string of the molecule is CCOC(=O)c1ccc(S(=O)(=O)N(CC)Cc2cccc(F)c2)c(Br)c1. The molecule has 2 aromatic rings. The van der Waals surface area contributed by atoms with Crippen molar-refractivity contribution in [3.63, 3.8) is 0 Å². The maximum absolute atomic E-state index is 13.4. The van der Waals surface area contributed by atoms with Crippen LogP contribution in [0.4, 0.5) is 4.39 Å². The lowest BCUT2D eigenvalue weighted by Gasteiger charge is -2.21. The molecule has 2 rings (SSSR count). The smallest absolute Gasteiger partial charge is 0.338 e. The number of hydrogen-bond acceptors (Lipinski definition) is 4. The van der Waals surface area contributed by atoms with Gasteiger partial charge in [0.05, 0.1) is 17.1 Å². The van der Waals surface area contributed by atoms with Gasteiger partial charge in [0, 0.05) is 17.6 Å². The molecule has 0 saturated heterocycles. The van der Waals surface area contributed by atoms with Gasteiger partial charge in [-0.25, -0.2) is 17.6 Å². The zero-order valence-corrected chi connectivity index (χ0v) is 16.8. The Kier molecular flexibility index (Phi) is 6.91. The van der Waals surface area contributed by atoms with Crippen molar-refractivity contribution in [2.24, 2.45) is 0 Å². The van der Waals surface area contributed by atoms with E-state index >= 15 is 0 Å². The zero-order chi connectivity index (χ0) is 19.3. The lowest BCUT2D eigenvalue weighted by molar-refractivity contribution is 0.0526. The van der Waals surface area contributed by atoms with Gasteiger partial charge in [-0.3, -0.25) is 0 Å². The highest BCUT2D eigenvalue weighted by Crippen LogP contribution is 2.27. The Balaban J connectivity index is 2.33. The number of carbonyl (C=O) groups is 1. The van der Waals surface area contributed by atoms with E-state index in [0.717, 1.165) is 0 Å². The van der Waals surface area contributed by atoms with Crippen LogP contribution >= 0.6 is 15.9 Å². The first-order valence-electron chi connectivity index (χ1n) is 8.00. The quantitative estimate of drug-likeness (QED) is 0.607. The van der Waals surface area contributed by atoms with E-state index in [9.17, 15) is 17.6 Å². The molecule has 2 aromatic carbocycles. The summed E-state index contributed by atoms with van der Waals surface area (Å²) in [4.78, 5) is 11.8. The van der Waals surface area contributed by atoms with Crippen LogP contribution in [0.1, 0.15) is 29.8 Å². The molecule has 0 aromatic heterocycles. The highest BCUT2D eigenvalue weighted by Gasteiger charge is 2.26. The fraction of sp³-hybridized carbons (Fsp3) is 0.278. The van der Waals surface area contributed by atoms with Crippen LogP contribution in [0.25, 0.3) is 0 Å². The fourth-order valence-electron chi connectivity index (χ4n) is 2.40. The molecule has 0 aliphatic carbocycles. The second kappa shape index (κ2) is 8.75. The van der Waals surface area contributed by atoms with Crippen LogP contribution in [0.3, 0.4) is 0 Å². The van der Waals surface area contributed by atoms with Gasteiger partial charge in [0.2, 0.25) is 10.0 Å². The number of halogens is 2. The summed E-state index contributed by atoms with van der Waals surface area (Å²) >= 11 is 3.22. The van der Waals surface area contributed by atoms with Crippen molar-refractivity contribution < 1.29 is 22.3 Å². The molecular weight excluding hydrogens is 425 g/mol. The highest BCUT2D eigenvalue weighted by atomic mass is 79.9. The minimum Gasteiger partial charge on any atom is -0.462 e. The first kappa shape index (κ1) is 20.5. The predicted octanol–water partition coefficient (Wildman–Crippen LogP) is 3.98. The number of nitrogens with zero attached hydrogens (tertiary/aromatic N) is 1. The van der Waals surface area contributed by atoms with E-state index in [1.165, 1.54) is 40.7 Å². The Morgan fingerprint density at radius 2 is 1.92 bits per heavy atom. The van der Waals surface area contributed by atoms with Crippen molar-refractivity contribution in [1.82, 2.24) is 4.31 Å². The average Bonchev–Trinajstić information content (AvgIpc) is 2.59. The molecule has 0 aliphatic heterocycles. The maximum Gasteiger partial charge on any atom is 0.338 e. The third-order valence-electron chi connectivity index (χ3n) is 3.66. The van der Waals surface area contributed by atoms with Crippen LogP contribution < -0.4 is 0 Å². The molecule has 0 N–H and O–H groups in total. The standard InChI is InChI=1S/C18H19BrFNO4S/c1-3-21(12-13-6-5-7-15(20)10-13)26(23,24)17-9-8-14(11-16(17)19)18(22)25-4-2/h5-11H,3-4,12H2,1-2H3. The van der Waals surface area contributed by atoms with Crippen LogP contribution in [0, 0.1) is 5.82 Å². The topological polar surface area (TPSA) is 63.7 Å². The van der Waals surface area contributed by atoms with E-state index < -0.39 is 21.8 Å². The van der Waals surface area contributed by atoms with Crippen LogP contribution in [0.5, 0.6) is 0 Å². The van der Waals surface area contributed by atoms with Crippen LogP contribution in [0.15, 0.2) is 51.8 Å². The van der Waals surface area contributed by atoms with Gasteiger partial charge >= 0.3 is 5.97 Å². The summed E-state index contributed by atoms with van der Waals surface area (Å²) < 4.78 is 45.7. The van der Waals surface area contributed by atoms with E-state index in [2.05, 4.69) is 15.9 Å². The van der Waals surface area contributed by atoms with Gasteiger partial charge in [0.15, 0.2) is 0 Å². The molecular formula is C18H19BrFNO4S. The highest BCUT2D eigenvalue weighted by molar-refractivity contribution is 9.10. The first-order chi connectivity index (χ1) is 12.3. The van der Waals surface area contributed by atoms with Gasteiger partial charge in [-0.2, -0.15) is 4.31 Å². The molecule has 0 spiro atoms. The molecule has 26 heavy (non-hydrogen) atoms. The minimum atomic E-state index is -3.84. The molecule has 0 atom stereocenters. The molecule has 0 heterocycles. The van der Waals surface area contributed by atoms with Crippen molar-refractivity contribution in [2.45, 2.75) is 25.3 Å². The number of ether oxygens (including phenoxy) is 1. The fourth-order valence-corrected chi connectivity index (χ4v) is 4.87. The Hall–Kier alpha value is -1.77. The van der Waals surface area contributed by atoms with Crippen molar-refractivity contribution in [2.75, 3.05) is 13.2 Å². The van der Waals surface area contributed by atoms with Gasteiger partial charge in [-0.05, 0) is 58.7 Å². The summed E-state index contributed by atoms with van der Waals surface area (Å²) in [5.74, 6) is -0.944. The Bertz CT molecular complexity index is 902. The summed E-state index contributed by atoms with van der Waals surface area (Å²) in [5.41, 5.74) is 0.806. The molecule has 0 unspecified atom stereocenters. The average molecular weight is 444 g/mol. The van der Waals surface area contributed by atoms with Gasteiger partial charge in [0.25, 0.3) is 0 Å². The molecule has 0 aliphatic rings. The molecule has 0 radical (unpaired) electrons. The molecule has 0 bridgehead atoms. The Morgan fingerprint density at radius 1 is 1.19 bits per heavy atom. The summed E-state index contributed by atoms with van der Waals surface area (Å²) in [7, 11) is -3.84. The van der Waals surface area contributed by atoms with Crippen molar-refractivity contribution in [3.8, 4) is 0 Å². The number of sulfonamides is 1. The van der Waals surface area contributed by atoms with E-state index in [1.54, 1.807) is 19.9 Å². The second-order valence-electron chi connectivity index (χ2n) is 5.43. The molecule has 0 saturated carbocycles. The Labute approximate surface area is 161 Å². The van der Waals surface area contributed by atoms with Crippen molar-refractivity contribution in [3.05, 3.63) is 63.9 Å². The Morgan fingerprint density at radius 3 is 2.50 bits per heavy atom. The number of carbonyl (C=O) groups excluding carboxylic acids is 1. The number of hydrogen-bond donors (Lipinski definition) is 0. The molecule has 8 heteroatoms. The van der Waals surface area contributed by atoms with Gasteiger partial charge in [-0.1, -0.05) is 19.1 Å². The van der Waals surface area contributed by atoms with Crippen LogP contribution in [0.2, 0.25) is 0 Å². The molecule has 5 nitrogen and oxygen atoms in total. The van der Waals surface area contributed by atoms with Crippen molar-refractivity contribution in [1.29, 1.82) is 0 Å². The van der Waals surface area contributed by atoms with Crippen molar-refractivity contribution >= 4 is 31.9 Å². The monoisotopic (exact) mass is 443 g/mol. The summed E-state index contributed by atoms with van der Waals surface area (Å²) in [6, 6.07) is 10.00. The van der Waals surface area contributed by atoms with Gasteiger partial charge in [0.1, 0.15) is 5.82 Å². The number of benzene rings is 2. The van der Waals surface area contributed by atoms with Gasteiger partial charge in [-0.15, -0.1) is 0 Å². The van der Waals surface area contributed by atoms with E-state index in [-0.39, 0.29) is 34.6 Å². The third kappa shape index (κ3) is 4.69. The number of rotatable bonds is 7. The largest absolute Gasteiger partial charge is 0.462 e. The lowest BCUT2D eigenvalue weighted by Crippen LogP contribution is -2.30. The summed E-state index contributed by atoms with van der Waals surface area (Å²) in [5, 5.41) is 0. The normalized spacial score (nSPS) is 11.6. The van der Waals surface area contributed by atoms with E-state index in [1.807, 2.05) is 0 Å². The minimum absolute atomic E-state index is 0.0313. The second-order valence-corrected chi connectivity index (χ2v) is 8.19. The lowest BCUT2D eigenvalue weighted by atomic mass is 10.2. The number of esters is 1. The molecule has 0 fully saturated rings. The van der Waals surface area contributed by atoms with Crippen LogP contribution in [-0.2, 0) is 21.3 Å². The van der Waals surface area contributed by atoms with Crippen LogP contribution in [-0.4, -0.2) is 31.8 Å². The molecule has 140 valence electrons. The molecule has 0 amide bonds. The van der Waals surface area contributed by atoms with Gasteiger partial charge < -0.3 is 4.74 Å². The van der Waals surface area contributed by atoms with E-state index in [4.69, 9.17) is 4.74 Å². The third-order valence-corrected chi connectivity index (χ3v) is 6.56. The summed E-state index contributed by atoms with van der Waals surface area (Å²) in [6.45, 7) is 3.89. The van der Waals surface area contributed by atoms with E-state index in [0.29, 0.717) is 5.56 Å². The summed E-state index contributed by atoms with van der Waals surface area (Å²) in [6.07, 6.45) is 0. The first-order valence-corrected chi connectivity index (χ1v) is 10.2.